The molecule has 3 nitrogen and oxygen atoms in total. The first-order valence-corrected chi connectivity index (χ1v) is 3.28. The Hall–Kier alpha value is -0.280. The normalized spacial score (nSPS) is 21.4. The average Bonchev–Trinajstić information content (AvgIpc) is 1.61. The van der Waals surface area contributed by atoms with Crippen molar-refractivity contribution in [3.8, 4) is 0 Å². The number of alkyl halides is 1. The summed E-state index contributed by atoms with van der Waals surface area (Å²) in [7, 11) is 0. The molecule has 0 atom stereocenters. The number of carboxylic acids is 1. The van der Waals surface area contributed by atoms with E-state index < -0.39 is 5.97 Å². The molecule has 9 heavy (non-hydrogen) atoms. The molecule has 0 aromatic heterocycles. The molecule has 1 rings (SSSR count). The molecule has 1 N–H and O–H groups in total. The van der Waals surface area contributed by atoms with Crippen molar-refractivity contribution in [3.63, 3.8) is 0 Å². The minimum atomic E-state index is -0.712. The number of likely N-dealkylation sites (tertiary alicyclic amines) is 1. The molecule has 1 heterocycles. The molecule has 1 aliphatic rings. The van der Waals surface area contributed by atoms with Crippen molar-refractivity contribution < 1.29 is 9.90 Å². The van der Waals surface area contributed by atoms with Crippen LogP contribution in [0, 0.1) is 5.92 Å². The summed E-state index contributed by atoms with van der Waals surface area (Å²) in [5.41, 5.74) is 0. The Morgan fingerprint density at radius 3 is 2.67 bits per heavy atom. The second-order valence-electron chi connectivity index (χ2n) is 2.19. The van der Waals surface area contributed by atoms with Crippen molar-refractivity contribution in [2.24, 2.45) is 5.92 Å². The van der Waals surface area contributed by atoms with Crippen molar-refractivity contribution >= 4 is 17.6 Å². The van der Waals surface area contributed by atoms with Gasteiger partial charge in [-0.2, -0.15) is 0 Å². The van der Waals surface area contributed by atoms with Crippen LogP contribution in [-0.4, -0.2) is 35.1 Å². The lowest BCUT2D eigenvalue weighted by Crippen LogP contribution is -2.49. The van der Waals surface area contributed by atoms with Gasteiger partial charge in [-0.05, 0) is 0 Å². The fourth-order valence-electron chi connectivity index (χ4n) is 0.824. The van der Waals surface area contributed by atoms with Gasteiger partial charge in [0.1, 0.15) is 0 Å². The van der Waals surface area contributed by atoms with Gasteiger partial charge in [-0.15, -0.1) is 11.6 Å². The number of hydrogen-bond acceptors (Lipinski definition) is 2. The van der Waals surface area contributed by atoms with Gasteiger partial charge in [0.05, 0.1) is 11.9 Å². The van der Waals surface area contributed by atoms with Crippen molar-refractivity contribution in [2.75, 3.05) is 19.1 Å². The minimum absolute atomic E-state index is 0.177. The highest BCUT2D eigenvalue weighted by molar-refractivity contribution is 6.17. The highest BCUT2D eigenvalue weighted by Crippen LogP contribution is 2.14. The van der Waals surface area contributed by atoms with E-state index in [1.807, 2.05) is 4.90 Å². The van der Waals surface area contributed by atoms with Gasteiger partial charge in [0, 0.05) is 13.1 Å². The fourth-order valence-corrected chi connectivity index (χ4v) is 1.02. The summed E-state index contributed by atoms with van der Waals surface area (Å²) in [6.07, 6.45) is 0. The summed E-state index contributed by atoms with van der Waals surface area (Å²) >= 11 is 5.41. The first-order valence-electron chi connectivity index (χ1n) is 2.75. The van der Waals surface area contributed by atoms with Gasteiger partial charge in [-0.3, -0.25) is 9.69 Å². The van der Waals surface area contributed by atoms with E-state index in [2.05, 4.69) is 0 Å². The zero-order chi connectivity index (χ0) is 6.85. The average molecular weight is 150 g/mol. The summed E-state index contributed by atoms with van der Waals surface area (Å²) < 4.78 is 0. The summed E-state index contributed by atoms with van der Waals surface area (Å²) in [6.45, 7) is 1.22. The number of carbonyl (C=O) groups is 1. The van der Waals surface area contributed by atoms with Gasteiger partial charge in [0.15, 0.2) is 0 Å². The Morgan fingerprint density at radius 2 is 2.33 bits per heavy atom. The molecule has 1 saturated heterocycles. The topological polar surface area (TPSA) is 40.5 Å². The molecule has 0 saturated carbocycles. The predicted octanol–water partition coefficient (Wildman–Crippen LogP) is 0.199. The van der Waals surface area contributed by atoms with Crippen molar-refractivity contribution in [2.45, 2.75) is 0 Å². The van der Waals surface area contributed by atoms with Gasteiger partial charge in [0.2, 0.25) is 0 Å². The van der Waals surface area contributed by atoms with Crippen LogP contribution in [0.2, 0.25) is 0 Å². The number of halogens is 1. The maximum absolute atomic E-state index is 10.2. The largest absolute Gasteiger partial charge is 0.481 e. The van der Waals surface area contributed by atoms with Crippen LogP contribution in [0.4, 0.5) is 0 Å². The lowest BCUT2D eigenvalue weighted by atomic mass is 10.0. The summed E-state index contributed by atoms with van der Waals surface area (Å²) in [5.74, 6) is -0.889. The van der Waals surface area contributed by atoms with Crippen LogP contribution in [0.5, 0.6) is 0 Å². The van der Waals surface area contributed by atoms with Crippen LogP contribution >= 0.6 is 11.6 Å². The van der Waals surface area contributed by atoms with E-state index in [-0.39, 0.29) is 5.92 Å². The first kappa shape index (κ1) is 6.83. The predicted molar refractivity (Wildman–Crippen MR) is 33.4 cm³/mol. The molecule has 0 spiro atoms. The molecular formula is C5H8ClNO2. The van der Waals surface area contributed by atoms with Crippen LogP contribution in [0.1, 0.15) is 0 Å². The Labute approximate surface area is 58.2 Å². The van der Waals surface area contributed by atoms with Gasteiger partial charge >= 0.3 is 5.97 Å². The number of aliphatic carboxylic acids is 1. The molecule has 1 aliphatic heterocycles. The molecule has 0 amide bonds. The Kier molecular flexibility index (Phi) is 1.93. The van der Waals surface area contributed by atoms with Gasteiger partial charge in [0.25, 0.3) is 0 Å². The lowest BCUT2D eigenvalue weighted by Gasteiger charge is -2.34. The zero-order valence-corrected chi connectivity index (χ0v) is 5.64. The van der Waals surface area contributed by atoms with Crippen LogP contribution in [0.3, 0.4) is 0 Å². The molecule has 52 valence electrons. The third-order valence-electron chi connectivity index (χ3n) is 1.48. The van der Waals surface area contributed by atoms with Crippen molar-refractivity contribution in [1.82, 2.24) is 4.90 Å². The number of hydrogen-bond donors (Lipinski definition) is 1. The molecule has 0 aromatic rings. The van der Waals surface area contributed by atoms with Gasteiger partial charge in [-0.25, -0.2) is 0 Å². The van der Waals surface area contributed by atoms with Crippen LogP contribution in [0.15, 0.2) is 0 Å². The monoisotopic (exact) mass is 149 g/mol. The smallest absolute Gasteiger partial charge is 0.309 e. The lowest BCUT2D eigenvalue weighted by molar-refractivity contribution is -0.147. The SMILES string of the molecule is O=C(O)C1CN(CCl)C1. The first-order chi connectivity index (χ1) is 4.24. The molecule has 1 fully saturated rings. The maximum Gasteiger partial charge on any atom is 0.309 e. The molecule has 0 aromatic carbocycles. The number of carboxylic acid groups (broad SMARTS) is 1. The van der Waals surface area contributed by atoms with E-state index in [0.29, 0.717) is 19.1 Å². The van der Waals surface area contributed by atoms with E-state index in [1.165, 1.54) is 0 Å². The Morgan fingerprint density at radius 1 is 1.78 bits per heavy atom. The summed E-state index contributed by atoms with van der Waals surface area (Å²) in [4.78, 5) is 12.0. The van der Waals surface area contributed by atoms with Gasteiger partial charge < -0.3 is 5.11 Å². The Balaban J connectivity index is 2.19. The highest BCUT2D eigenvalue weighted by Gasteiger charge is 2.31. The van der Waals surface area contributed by atoms with E-state index >= 15 is 0 Å². The second-order valence-corrected chi connectivity index (χ2v) is 2.43. The zero-order valence-electron chi connectivity index (χ0n) is 4.88. The summed E-state index contributed by atoms with van der Waals surface area (Å²) in [5, 5.41) is 8.38. The van der Waals surface area contributed by atoms with E-state index in [1.54, 1.807) is 0 Å². The quantitative estimate of drug-likeness (QED) is 0.451. The molecule has 4 heteroatoms. The third kappa shape index (κ3) is 1.34. The minimum Gasteiger partial charge on any atom is -0.481 e. The molecule has 0 aliphatic carbocycles. The van der Waals surface area contributed by atoms with E-state index in [9.17, 15) is 4.79 Å². The Bertz CT molecular complexity index is 122. The maximum atomic E-state index is 10.2. The van der Waals surface area contributed by atoms with Crippen LogP contribution < -0.4 is 0 Å². The molecule has 0 radical (unpaired) electrons. The molecule has 0 bridgehead atoms. The standard InChI is InChI=1S/C5H8ClNO2/c6-3-7-1-4(2-7)5(8)9/h4H,1-3H2,(H,8,9). The number of rotatable bonds is 2. The van der Waals surface area contributed by atoms with Crippen LogP contribution in [0.25, 0.3) is 0 Å². The third-order valence-corrected chi connectivity index (χ3v) is 1.81. The van der Waals surface area contributed by atoms with E-state index in [0.717, 1.165) is 0 Å². The second kappa shape index (κ2) is 2.54. The van der Waals surface area contributed by atoms with Crippen molar-refractivity contribution in [1.29, 1.82) is 0 Å². The van der Waals surface area contributed by atoms with Crippen molar-refractivity contribution in [3.05, 3.63) is 0 Å². The molecule has 0 unspecified atom stereocenters. The van der Waals surface area contributed by atoms with E-state index in [4.69, 9.17) is 16.7 Å². The summed E-state index contributed by atoms with van der Waals surface area (Å²) in [6, 6.07) is 0.448. The molecular weight excluding hydrogens is 142 g/mol. The highest BCUT2D eigenvalue weighted by atomic mass is 35.5. The number of nitrogens with zero attached hydrogens (tertiary/aromatic N) is 1. The van der Waals surface area contributed by atoms with Gasteiger partial charge in [-0.1, -0.05) is 0 Å². The van der Waals surface area contributed by atoms with Crippen LogP contribution in [-0.2, 0) is 4.79 Å². The fraction of sp³-hybridized carbons (Fsp3) is 0.800.